The summed E-state index contributed by atoms with van der Waals surface area (Å²) in [5.74, 6) is 0.276. The van der Waals surface area contributed by atoms with E-state index in [0.717, 1.165) is 33.8 Å². The van der Waals surface area contributed by atoms with Crippen LogP contribution in [0, 0.1) is 24.1 Å². The van der Waals surface area contributed by atoms with Gasteiger partial charge in [-0.05, 0) is 66.1 Å². The first-order valence-corrected chi connectivity index (χ1v) is 9.34. The number of nitrogens with one attached hydrogen (secondary N) is 2. The number of rotatable bonds is 5. The highest BCUT2D eigenvalue weighted by Gasteiger charge is 2.08. The number of aryl methyl sites for hydroxylation is 1. The molecule has 0 bridgehead atoms. The maximum absolute atomic E-state index is 13.4. The predicted octanol–water partition coefficient (Wildman–Crippen LogP) is 3.86. The SMILES string of the molecule is [B]c1cc(-c2cc(CNc3cc(-c4ccc(C#N)cc4C)ccn3)[nH]n2)ccc1F. The fraction of sp³-hybridized carbons (Fsp3) is 0.0870. The van der Waals surface area contributed by atoms with Gasteiger partial charge in [0.15, 0.2) is 0 Å². The van der Waals surface area contributed by atoms with Crippen LogP contribution in [0.2, 0.25) is 0 Å². The normalized spacial score (nSPS) is 10.6. The molecular formula is C23H17BFN5. The zero-order chi connectivity index (χ0) is 21.1. The number of aromatic nitrogens is 3. The summed E-state index contributed by atoms with van der Waals surface area (Å²) in [6.07, 6.45) is 1.75. The highest BCUT2D eigenvalue weighted by atomic mass is 19.1. The third kappa shape index (κ3) is 4.08. The summed E-state index contributed by atoms with van der Waals surface area (Å²) in [5.41, 5.74) is 6.12. The number of benzene rings is 2. The Morgan fingerprint density at radius 2 is 1.97 bits per heavy atom. The number of nitriles is 1. The monoisotopic (exact) mass is 393 g/mol. The highest BCUT2D eigenvalue weighted by molar-refractivity contribution is 6.32. The predicted molar refractivity (Wildman–Crippen MR) is 116 cm³/mol. The van der Waals surface area contributed by atoms with Gasteiger partial charge in [0.2, 0.25) is 0 Å². The van der Waals surface area contributed by atoms with Crippen LogP contribution in [0.4, 0.5) is 10.2 Å². The molecule has 7 heteroatoms. The summed E-state index contributed by atoms with van der Waals surface area (Å²) in [4.78, 5) is 4.37. The van der Waals surface area contributed by atoms with Crippen molar-refractivity contribution in [2.24, 2.45) is 0 Å². The minimum absolute atomic E-state index is 0.0919. The second kappa shape index (κ2) is 8.22. The van der Waals surface area contributed by atoms with Gasteiger partial charge in [0.25, 0.3) is 0 Å². The van der Waals surface area contributed by atoms with E-state index in [1.54, 1.807) is 18.3 Å². The molecule has 4 aromatic rings. The lowest BCUT2D eigenvalue weighted by atomic mass is 9.93. The van der Waals surface area contributed by atoms with E-state index in [4.69, 9.17) is 13.1 Å². The van der Waals surface area contributed by atoms with E-state index in [0.29, 0.717) is 17.8 Å². The summed E-state index contributed by atoms with van der Waals surface area (Å²) >= 11 is 0. The molecule has 2 N–H and O–H groups in total. The Morgan fingerprint density at radius 1 is 1.10 bits per heavy atom. The van der Waals surface area contributed by atoms with Crippen LogP contribution < -0.4 is 10.8 Å². The number of nitrogens with zero attached hydrogens (tertiary/aromatic N) is 3. The summed E-state index contributed by atoms with van der Waals surface area (Å²) in [6.45, 7) is 2.48. The second-order valence-electron chi connectivity index (χ2n) is 6.94. The highest BCUT2D eigenvalue weighted by Crippen LogP contribution is 2.26. The third-order valence-corrected chi connectivity index (χ3v) is 4.81. The molecule has 144 valence electrons. The van der Waals surface area contributed by atoms with E-state index in [1.807, 2.05) is 43.3 Å². The zero-order valence-corrected chi connectivity index (χ0v) is 16.3. The van der Waals surface area contributed by atoms with Crippen molar-refractivity contribution in [3.63, 3.8) is 0 Å². The molecule has 2 aromatic carbocycles. The van der Waals surface area contributed by atoms with Gasteiger partial charge in [-0.1, -0.05) is 17.6 Å². The van der Waals surface area contributed by atoms with Gasteiger partial charge in [-0.25, -0.2) is 9.37 Å². The second-order valence-corrected chi connectivity index (χ2v) is 6.94. The van der Waals surface area contributed by atoms with Crippen LogP contribution in [0.25, 0.3) is 22.4 Å². The molecule has 2 heterocycles. The Morgan fingerprint density at radius 3 is 2.73 bits per heavy atom. The lowest BCUT2D eigenvalue weighted by Crippen LogP contribution is -2.07. The van der Waals surface area contributed by atoms with Crippen molar-refractivity contribution in [3.05, 3.63) is 83.4 Å². The number of pyridine rings is 1. The summed E-state index contributed by atoms with van der Waals surface area (Å²) in [6, 6.07) is 18.1. The molecule has 2 radical (unpaired) electrons. The van der Waals surface area contributed by atoms with Crippen molar-refractivity contribution in [2.45, 2.75) is 13.5 Å². The van der Waals surface area contributed by atoms with Crippen molar-refractivity contribution < 1.29 is 4.39 Å². The number of anilines is 1. The Balaban J connectivity index is 1.49. The van der Waals surface area contributed by atoms with E-state index in [2.05, 4.69) is 26.6 Å². The quantitative estimate of drug-likeness (QED) is 0.505. The van der Waals surface area contributed by atoms with Crippen LogP contribution in [-0.4, -0.2) is 23.0 Å². The fourth-order valence-corrected chi connectivity index (χ4v) is 3.24. The molecule has 5 nitrogen and oxygen atoms in total. The largest absolute Gasteiger partial charge is 0.364 e. The maximum atomic E-state index is 13.4. The molecule has 0 aliphatic heterocycles. The summed E-state index contributed by atoms with van der Waals surface area (Å²) in [5, 5.41) is 19.6. The van der Waals surface area contributed by atoms with Crippen molar-refractivity contribution in [3.8, 4) is 28.5 Å². The smallest absolute Gasteiger partial charge is 0.126 e. The van der Waals surface area contributed by atoms with Crippen LogP contribution in [-0.2, 0) is 6.54 Å². The number of hydrogen-bond donors (Lipinski definition) is 2. The molecule has 2 aromatic heterocycles. The van der Waals surface area contributed by atoms with Gasteiger partial charge in [-0.2, -0.15) is 10.4 Å². The van der Waals surface area contributed by atoms with Gasteiger partial charge in [-0.3, -0.25) is 5.10 Å². The topological polar surface area (TPSA) is 77.4 Å². The molecule has 0 saturated heterocycles. The fourth-order valence-electron chi connectivity index (χ4n) is 3.24. The first-order chi connectivity index (χ1) is 14.5. The van der Waals surface area contributed by atoms with Crippen molar-refractivity contribution >= 4 is 19.1 Å². The van der Waals surface area contributed by atoms with Crippen molar-refractivity contribution in [2.75, 3.05) is 5.32 Å². The molecule has 4 rings (SSSR count). The zero-order valence-electron chi connectivity index (χ0n) is 16.3. The van der Waals surface area contributed by atoms with Gasteiger partial charge in [-0.15, -0.1) is 0 Å². The van der Waals surface area contributed by atoms with E-state index in [9.17, 15) is 4.39 Å². The summed E-state index contributed by atoms with van der Waals surface area (Å²) in [7, 11) is 5.64. The van der Waals surface area contributed by atoms with Gasteiger partial charge < -0.3 is 5.32 Å². The van der Waals surface area contributed by atoms with Gasteiger partial charge in [0.1, 0.15) is 19.5 Å². The van der Waals surface area contributed by atoms with E-state index in [1.165, 1.54) is 6.07 Å². The Bertz CT molecular complexity index is 1260. The number of aromatic amines is 1. The first kappa shape index (κ1) is 19.4. The average Bonchev–Trinajstić information content (AvgIpc) is 3.23. The molecule has 0 fully saturated rings. The minimum atomic E-state index is -0.445. The van der Waals surface area contributed by atoms with Crippen LogP contribution in [0.5, 0.6) is 0 Å². The van der Waals surface area contributed by atoms with Crippen LogP contribution in [0.15, 0.2) is 60.8 Å². The summed E-state index contributed by atoms with van der Waals surface area (Å²) < 4.78 is 13.4. The van der Waals surface area contributed by atoms with Crippen LogP contribution in [0.1, 0.15) is 16.8 Å². The molecule has 0 saturated carbocycles. The molecule has 0 atom stereocenters. The standard InChI is InChI=1S/C23H17BFN5/c1-14-8-15(12-26)2-4-19(14)16-6-7-27-23(10-16)28-13-18-11-22(30-29-18)17-3-5-21(25)20(24)9-17/h2-11H,13H2,1H3,(H,27,28)(H,29,30). The van der Waals surface area contributed by atoms with Crippen molar-refractivity contribution in [1.29, 1.82) is 5.26 Å². The molecular weight excluding hydrogens is 376 g/mol. The van der Waals surface area contributed by atoms with Gasteiger partial charge in [0, 0.05) is 11.8 Å². The van der Waals surface area contributed by atoms with Crippen molar-refractivity contribution in [1.82, 2.24) is 15.2 Å². The Kier molecular flexibility index (Phi) is 5.31. The number of H-pyrrole nitrogens is 1. The lowest BCUT2D eigenvalue weighted by Gasteiger charge is -2.09. The van der Waals surface area contributed by atoms with Crippen LogP contribution in [0.3, 0.4) is 0 Å². The number of hydrogen-bond acceptors (Lipinski definition) is 4. The minimum Gasteiger partial charge on any atom is -0.364 e. The number of halogens is 1. The van der Waals surface area contributed by atoms with Crippen LogP contribution >= 0.6 is 0 Å². The lowest BCUT2D eigenvalue weighted by molar-refractivity contribution is 0.636. The molecule has 30 heavy (non-hydrogen) atoms. The van der Waals surface area contributed by atoms with E-state index < -0.39 is 5.82 Å². The van der Waals surface area contributed by atoms with E-state index >= 15 is 0 Å². The maximum Gasteiger partial charge on any atom is 0.126 e. The Labute approximate surface area is 175 Å². The average molecular weight is 393 g/mol. The first-order valence-electron chi connectivity index (χ1n) is 9.34. The van der Waals surface area contributed by atoms with E-state index in [-0.39, 0.29) is 5.46 Å². The molecule has 0 spiro atoms. The molecule has 0 amide bonds. The van der Waals surface area contributed by atoms with Gasteiger partial charge in [0.05, 0.1) is 29.6 Å². The molecule has 0 aliphatic rings. The third-order valence-electron chi connectivity index (χ3n) is 4.81. The van der Waals surface area contributed by atoms with Gasteiger partial charge >= 0.3 is 0 Å². The molecule has 0 aliphatic carbocycles. The molecule has 0 unspecified atom stereocenters. The Hall–Kier alpha value is -3.92.